The molecule has 0 aliphatic heterocycles. The average Bonchev–Trinajstić information content (AvgIpc) is 2.08. The van der Waals surface area contributed by atoms with Gasteiger partial charge in [0.15, 0.2) is 0 Å². The highest BCUT2D eigenvalue weighted by Gasteiger charge is 2.23. The zero-order valence-electron chi connectivity index (χ0n) is 8.23. The normalized spacial score (nSPS) is 11.1. The van der Waals surface area contributed by atoms with Crippen LogP contribution in [0.25, 0.3) is 0 Å². The van der Waals surface area contributed by atoms with E-state index in [9.17, 15) is 12.9 Å². The Labute approximate surface area is 86.5 Å². The summed E-state index contributed by atoms with van der Waals surface area (Å²) in [5.74, 6) is 2.32. The average molecular weight is 212 g/mol. The van der Waals surface area contributed by atoms with Crippen molar-refractivity contribution >= 4 is 12.7 Å². The van der Waals surface area contributed by atoms with Crippen molar-refractivity contribution in [1.29, 1.82) is 0 Å². The second-order valence-electron chi connectivity index (χ2n) is 3.42. The lowest BCUT2D eigenvalue weighted by Crippen LogP contribution is -2.19. The van der Waals surface area contributed by atoms with Crippen molar-refractivity contribution < 1.29 is 12.9 Å². The van der Waals surface area contributed by atoms with Crippen molar-refractivity contribution in [2.45, 2.75) is 13.2 Å². The molecule has 2 N–H and O–H groups in total. The molecule has 0 radical (unpaired) electrons. The van der Waals surface area contributed by atoms with Crippen molar-refractivity contribution in [3.05, 3.63) is 28.8 Å². The summed E-state index contributed by atoms with van der Waals surface area (Å²) >= 11 is 0. The maximum atomic E-state index is 12.2. The van der Waals surface area contributed by atoms with E-state index in [4.69, 9.17) is 12.2 Å². The molecular weight excluding hydrogens is 202 g/mol. The van der Waals surface area contributed by atoms with Gasteiger partial charge in [0.2, 0.25) is 0 Å². The van der Waals surface area contributed by atoms with E-state index in [1.807, 2.05) is 0 Å². The largest absolute Gasteiger partial charge is 0.482 e. The Morgan fingerprint density at radius 2 is 2.00 bits per heavy atom. The molecule has 0 aliphatic rings. The second kappa shape index (κ2) is 3.89. The van der Waals surface area contributed by atoms with Crippen LogP contribution >= 0.6 is 0 Å². The Kier molecular flexibility index (Phi) is 2.99. The summed E-state index contributed by atoms with van der Waals surface area (Å²) in [7, 11) is 0. The van der Waals surface area contributed by atoms with Crippen molar-refractivity contribution in [2.75, 3.05) is 5.73 Å². The molecular formula is C10H10BF3N-. The molecule has 0 heterocycles. The zero-order chi connectivity index (χ0) is 11.6. The number of benzene rings is 1. The van der Waals surface area contributed by atoms with Crippen LogP contribution in [0.5, 0.6) is 0 Å². The Morgan fingerprint density at radius 1 is 1.40 bits per heavy atom. The maximum Gasteiger partial charge on any atom is 0.482 e. The topological polar surface area (TPSA) is 26.0 Å². The smallest absolute Gasteiger partial charge is 0.449 e. The Balaban J connectivity index is 3.13. The van der Waals surface area contributed by atoms with Crippen LogP contribution in [0.1, 0.15) is 16.7 Å². The molecule has 5 heteroatoms. The molecule has 0 bridgehead atoms. The first-order valence-electron chi connectivity index (χ1n) is 4.40. The van der Waals surface area contributed by atoms with E-state index in [1.54, 1.807) is 6.92 Å². The quantitative estimate of drug-likeness (QED) is 0.454. The number of terminal acetylenes is 1. The van der Waals surface area contributed by atoms with Crippen LogP contribution in [0.4, 0.5) is 18.6 Å². The van der Waals surface area contributed by atoms with Crippen molar-refractivity contribution in [2.24, 2.45) is 0 Å². The lowest BCUT2D eigenvalue weighted by atomic mass is 9.81. The third kappa shape index (κ3) is 2.95. The second-order valence-corrected chi connectivity index (χ2v) is 3.42. The summed E-state index contributed by atoms with van der Waals surface area (Å²) in [6.45, 7) is -3.17. The molecule has 0 saturated carbocycles. The van der Waals surface area contributed by atoms with Gasteiger partial charge in [-0.25, -0.2) is 0 Å². The Bertz CT molecular complexity index is 418. The van der Waals surface area contributed by atoms with Gasteiger partial charge in [-0.1, -0.05) is 17.8 Å². The van der Waals surface area contributed by atoms with Gasteiger partial charge in [-0.05, 0) is 24.6 Å². The standard InChI is InChI=1S/C10H10BF3N/c1-3-9-4-8(6-11(12,13)14)5-10(15)7(9)2/h1,4-5H,6,15H2,2H3/q-1. The fourth-order valence-corrected chi connectivity index (χ4v) is 1.33. The van der Waals surface area contributed by atoms with Gasteiger partial charge in [-0.2, -0.15) is 0 Å². The van der Waals surface area contributed by atoms with Crippen LogP contribution in [0.3, 0.4) is 0 Å². The van der Waals surface area contributed by atoms with Crippen LogP contribution in [-0.2, 0) is 6.32 Å². The van der Waals surface area contributed by atoms with Gasteiger partial charge in [-0.3, -0.25) is 0 Å². The molecule has 80 valence electrons. The Hall–Kier alpha value is -1.57. The molecule has 0 amide bonds. The minimum Gasteiger partial charge on any atom is -0.449 e. The number of nitrogens with two attached hydrogens (primary N) is 1. The first kappa shape index (κ1) is 11.5. The van der Waals surface area contributed by atoms with E-state index >= 15 is 0 Å². The molecule has 0 aromatic heterocycles. The van der Waals surface area contributed by atoms with Gasteiger partial charge in [0, 0.05) is 11.3 Å². The zero-order valence-corrected chi connectivity index (χ0v) is 8.23. The molecule has 15 heavy (non-hydrogen) atoms. The summed E-state index contributed by atoms with van der Waals surface area (Å²) in [4.78, 5) is 0. The van der Waals surface area contributed by atoms with Crippen LogP contribution < -0.4 is 5.73 Å². The highest BCUT2D eigenvalue weighted by Crippen LogP contribution is 2.22. The molecule has 1 nitrogen and oxygen atoms in total. The highest BCUT2D eigenvalue weighted by atomic mass is 19.4. The SMILES string of the molecule is C#Cc1cc(C[B-](F)(F)F)cc(N)c1C. The molecule has 0 atom stereocenters. The number of rotatable bonds is 2. The number of anilines is 1. The molecule has 0 saturated heterocycles. The van der Waals surface area contributed by atoms with Gasteiger partial charge in [0.1, 0.15) is 0 Å². The minimum atomic E-state index is -4.85. The monoisotopic (exact) mass is 212 g/mol. The van der Waals surface area contributed by atoms with E-state index in [0.717, 1.165) is 0 Å². The Morgan fingerprint density at radius 3 is 2.47 bits per heavy atom. The summed E-state index contributed by atoms with van der Waals surface area (Å²) in [5.41, 5.74) is 7.06. The van der Waals surface area contributed by atoms with Gasteiger partial charge >= 0.3 is 6.98 Å². The van der Waals surface area contributed by atoms with Crippen LogP contribution in [0, 0.1) is 19.3 Å². The molecule has 1 aromatic rings. The molecule has 0 fully saturated rings. The summed E-state index contributed by atoms with van der Waals surface area (Å²) < 4.78 is 36.5. The number of nitrogen functional groups attached to an aromatic ring is 1. The van der Waals surface area contributed by atoms with Crippen molar-refractivity contribution in [3.8, 4) is 12.3 Å². The number of hydrogen-bond donors (Lipinski definition) is 1. The van der Waals surface area contributed by atoms with Gasteiger partial charge in [0.05, 0.1) is 0 Å². The van der Waals surface area contributed by atoms with Gasteiger partial charge in [-0.15, -0.1) is 6.42 Å². The van der Waals surface area contributed by atoms with E-state index in [1.165, 1.54) is 12.1 Å². The molecule has 0 aliphatic carbocycles. The summed E-state index contributed by atoms with van der Waals surface area (Å²) in [5, 5.41) is 0. The predicted molar refractivity (Wildman–Crippen MR) is 56.3 cm³/mol. The maximum absolute atomic E-state index is 12.2. The van der Waals surface area contributed by atoms with Crippen molar-refractivity contribution in [1.82, 2.24) is 0 Å². The summed E-state index contributed by atoms with van der Waals surface area (Å²) in [6.07, 6.45) is 4.23. The molecule has 0 unspecified atom stereocenters. The van der Waals surface area contributed by atoms with Crippen LogP contribution in [0.2, 0.25) is 0 Å². The number of halogens is 3. The third-order valence-electron chi connectivity index (χ3n) is 2.13. The van der Waals surface area contributed by atoms with Crippen molar-refractivity contribution in [3.63, 3.8) is 0 Å². The first-order valence-corrected chi connectivity index (χ1v) is 4.40. The first-order chi connectivity index (χ1) is 6.83. The van der Waals surface area contributed by atoms with Gasteiger partial charge < -0.3 is 18.7 Å². The molecule has 0 spiro atoms. The van der Waals surface area contributed by atoms with Crippen LogP contribution in [0.15, 0.2) is 12.1 Å². The highest BCUT2D eigenvalue weighted by molar-refractivity contribution is 6.57. The fourth-order valence-electron chi connectivity index (χ4n) is 1.33. The van der Waals surface area contributed by atoms with E-state index < -0.39 is 13.3 Å². The molecule has 1 rings (SSSR count). The minimum absolute atomic E-state index is 0.124. The summed E-state index contributed by atoms with van der Waals surface area (Å²) in [6, 6.07) is 2.69. The van der Waals surface area contributed by atoms with E-state index in [2.05, 4.69) is 5.92 Å². The third-order valence-corrected chi connectivity index (χ3v) is 2.13. The lowest BCUT2D eigenvalue weighted by Gasteiger charge is -2.15. The van der Waals surface area contributed by atoms with Crippen LogP contribution in [-0.4, -0.2) is 6.98 Å². The number of hydrogen-bond acceptors (Lipinski definition) is 1. The van der Waals surface area contributed by atoms with E-state index in [0.29, 0.717) is 16.8 Å². The molecule has 1 aromatic carbocycles. The van der Waals surface area contributed by atoms with Gasteiger partial charge in [0.25, 0.3) is 0 Å². The van der Waals surface area contributed by atoms with E-state index in [-0.39, 0.29) is 5.56 Å². The fraction of sp³-hybridized carbons (Fsp3) is 0.200. The predicted octanol–water partition coefficient (Wildman–Crippen LogP) is 2.49. The lowest BCUT2D eigenvalue weighted by molar-refractivity contribution is 0.468.